The number of unbranched alkanes of at least 4 members (excludes halogenated alkanes) is 3. The number of methoxy groups -OCH3 is 1. The zero-order valence-electron chi connectivity index (χ0n) is 19.8. The van der Waals surface area contributed by atoms with E-state index in [-0.39, 0.29) is 22.3 Å². The summed E-state index contributed by atoms with van der Waals surface area (Å²) < 4.78 is 31.3. The molecule has 36 heavy (non-hydrogen) atoms. The normalized spacial score (nSPS) is 14.9. The average Bonchev–Trinajstić information content (AvgIpc) is 3.51. The first-order chi connectivity index (χ1) is 17.5. The van der Waals surface area contributed by atoms with Crippen LogP contribution in [-0.2, 0) is 0 Å². The molecule has 0 saturated carbocycles. The average molecular weight is 510 g/mol. The summed E-state index contributed by atoms with van der Waals surface area (Å²) in [5.74, 6) is -0.159. The lowest BCUT2D eigenvalue weighted by atomic mass is 9.98. The van der Waals surface area contributed by atoms with E-state index in [4.69, 9.17) is 13.9 Å². The Morgan fingerprint density at radius 2 is 1.97 bits per heavy atom. The Kier molecular flexibility index (Phi) is 6.69. The number of anilines is 1. The van der Waals surface area contributed by atoms with E-state index < -0.39 is 23.2 Å². The van der Waals surface area contributed by atoms with Gasteiger partial charge in [-0.3, -0.25) is 14.5 Å². The molecule has 0 spiro atoms. The SMILES string of the molecule is CCCCCCOc1ccc(C2c3c(oc4ccc(F)cc4c3=O)C(=O)N2c2nncs2)cc1OC. The number of hydrogen-bond acceptors (Lipinski definition) is 8. The lowest BCUT2D eigenvalue weighted by Crippen LogP contribution is -2.29. The van der Waals surface area contributed by atoms with Gasteiger partial charge in [0.1, 0.15) is 16.9 Å². The van der Waals surface area contributed by atoms with Crippen LogP contribution >= 0.6 is 11.3 Å². The predicted molar refractivity (Wildman–Crippen MR) is 134 cm³/mol. The molecule has 0 saturated heterocycles. The molecule has 1 unspecified atom stereocenters. The number of halogens is 1. The Morgan fingerprint density at radius 1 is 1.11 bits per heavy atom. The lowest BCUT2D eigenvalue weighted by molar-refractivity contribution is 0.0970. The number of carbonyl (C=O) groups excluding carboxylic acids is 1. The molecule has 5 rings (SSSR count). The maximum Gasteiger partial charge on any atom is 0.297 e. The third kappa shape index (κ3) is 4.21. The molecule has 2 aromatic heterocycles. The Morgan fingerprint density at radius 3 is 2.72 bits per heavy atom. The van der Waals surface area contributed by atoms with Gasteiger partial charge in [-0.15, -0.1) is 10.2 Å². The van der Waals surface area contributed by atoms with Crippen molar-refractivity contribution in [1.82, 2.24) is 10.2 Å². The third-order valence-corrected chi connectivity index (χ3v) is 6.83. The smallest absolute Gasteiger partial charge is 0.297 e. The van der Waals surface area contributed by atoms with Crippen molar-refractivity contribution in [3.8, 4) is 11.5 Å². The number of carbonyl (C=O) groups is 1. The van der Waals surface area contributed by atoms with Crippen LogP contribution in [-0.4, -0.2) is 29.8 Å². The Hall–Kier alpha value is -3.79. The van der Waals surface area contributed by atoms with Gasteiger partial charge in [-0.25, -0.2) is 4.39 Å². The fourth-order valence-electron chi connectivity index (χ4n) is 4.41. The number of ether oxygens (including phenoxy) is 2. The Bertz CT molecular complexity index is 1470. The first kappa shape index (κ1) is 23.9. The highest BCUT2D eigenvalue weighted by Gasteiger charge is 2.45. The van der Waals surface area contributed by atoms with E-state index in [1.807, 2.05) is 0 Å². The van der Waals surface area contributed by atoms with E-state index in [1.54, 1.807) is 18.2 Å². The summed E-state index contributed by atoms with van der Waals surface area (Å²) in [6.45, 7) is 2.71. The molecule has 2 aromatic carbocycles. The largest absolute Gasteiger partial charge is 0.493 e. The second-order valence-electron chi connectivity index (χ2n) is 8.43. The maximum absolute atomic E-state index is 14.0. The van der Waals surface area contributed by atoms with Crippen LogP contribution in [0.3, 0.4) is 0 Å². The molecule has 0 fully saturated rings. The van der Waals surface area contributed by atoms with Gasteiger partial charge >= 0.3 is 0 Å². The topological polar surface area (TPSA) is 94.8 Å². The van der Waals surface area contributed by atoms with Crippen molar-refractivity contribution in [2.45, 2.75) is 38.6 Å². The van der Waals surface area contributed by atoms with Crippen LogP contribution in [0.15, 0.2) is 51.1 Å². The molecular formula is C26H24FN3O5S. The molecule has 1 atom stereocenters. The number of nitrogens with zero attached hydrogens (tertiary/aromatic N) is 3. The van der Waals surface area contributed by atoms with Gasteiger partial charge in [0, 0.05) is 0 Å². The zero-order valence-corrected chi connectivity index (χ0v) is 20.6. The minimum atomic E-state index is -0.864. The van der Waals surface area contributed by atoms with Crippen LogP contribution in [0.5, 0.6) is 11.5 Å². The number of rotatable bonds is 9. The van der Waals surface area contributed by atoms with Crippen molar-refractivity contribution >= 4 is 33.3 Å². The highest BCUT2D eigenvalue weighted by molar-refractivity contribution is 7.13. The standard InChI is InChI=1S/C26H24FN3O5S/c1-3-4-5-6-11-34-19-9-7-15(12-20(19)33-2)22-21-23(31)17-13-16(27)8-10-18(17)35-24(21)25(32)30(22)26-29-28-14-36-26/h7-10,12-14,22H,3-6,11H2,1-2H3. The fraction of sp³-hybridized carbons (Fsp3) is 0.308. The molecule has 0 radical (unpaired) electrons. The zero-order chi connectivity index (χ0) is 25.2. The summed E-state index contributed by atoms with van der Waals surface area (Å²) in [5.41, 5.74) is 1.86. The molecule has 0 N–H and O–H groups in total. The van der Waals surface area contributed by atoms with E-state index in [0.717, 1.165) is 43.1 Å². The first-order valence-electron chi connectivity index (χ1n) is 11.7. The number of amides is 1. The van der Waals surface area contributed by atoms with Crippen LogP contribution in [0, 0.1) is 5.82 Å². The van der Waals surface area contributed by atoms with Crippen LogP contribution in [0.1, 0.15) is 60.3 Å². The number of aromatic nitrogens is 2. The predicted octanol–water partition coefficient (Wildman–Crippen LogP) is 5.50. The Labute approximate surface area is 210 Å². The molecule has 10 heteroatoms. The van der Waals surface area contributed by atoms with Gasteiger partial charge in [0.15, 0.2) is 16.9 Å². The third-order valence-electron chi connectivity index (χ3n) is 6.15. The van der Waals surface area contributed by atoms with Gasteiger partial charge in [-0.05, 0) is 42.3 Å². The molecule has 8 nitrogen and oxygen atoms in total. The van der Waals surface area contributed by atoms with Crippen LogP contribution in [0.2, 0.25) is 0 Å². The summed E-state index contributed by atoms with van der Waals surface area (Å²) in [7, 11) is 1.53. The van der Waals surface area contributed by atoms with Crippen LogP contribution in [0.25, 0.3) is 11.0 Å². The van der Waals surface area contributed by atoms with Gasteiger partial charge < -0.3 is 13.9 Å². The van der Waals surface area contributed by atoms with E-state index in [0.29, 0.717) is 28.8 Å². The second kappa shape index (κ2) is 10.1. The van der Waals surface area contributed by atoms with Crippen molar-refractivity contribution in [1.29, 1.82) is 0 Å². The Balaban J connectivity index is 1.60. The van der Waals surface area contributed by atoms with E-state index in [9.17, 15) is 14.0 Å². The minimum Gasteiger partial charge on any atom is -0.493 e. The maximum atomic E-state index is 14.0. The van der Waals surface area contributed by atoms with Gasteiger partial charge in [0.2, 0.25) is 10.9 Å². The summed E-state index contributed by atoms with van der Waals surface area (Å²) in [5, 5.41) is 8.28. The monoisotopic (exact) mass is 509 g/mol. The van der Waals surface area contributed by atoms with Gasteiger partial charge in [0.25, 0.3) is 5.91 Å². The molecule has 3 heterocycles. The van der Waals surface area contributed by atoms with Crippen molar-refractivity contribution < 1.29 is 23.1 Å². The lowest BCUT2D eigenvalue weighted by Gasteiger charge is -2.23. The van der Waals surface area contributed by atoms with Gasteiger partial charge in [0.05, 0.1) is 30.7 Å². The van der Waals surface area contributed by atoms with E-state index in [1.165, 1.54) is 29.7 Å². The van der Waals surface area contributed by atoms with E-state index in [2.05, 4.69) is 17.1 Å². The molecule has 0 bridgehead atoms. The quantitative estimate of drug-likeness (QED) is 0.275. The highest BCUT2D eigenvalue weighted by Crippen LogP contribution is 2.43. The van der Waals surface area contributed by atoms with Crippen LogP contribution < -0.4 is 19.8 Å². The molecule has 1 amide bonds. The summed E-state index contributed by atoms with van der Waals surface area (Å²) in [6.07, 6.45) is 4.30. The van der Waals surface area contributed by atoms with Crippen LogP contribution in [0.4, 0.5) is 9.52 Å². The summed E-state index contributed by atoms with van der Waals surface area (Å²) in [4.78, 5) is 28.4. The van der Waals surface area contributed by atoms with Gasteiger partial charge in [-0.1, -0.05) is 43.6 Å². The molecule has 4 aromatic rings. The van der Waals surface area contributed by atoms with E-state index >= 15 is 0 Å². The van der Waals surface area contributed by atoms with Crippen molar-refractivity contribution in [2.24, 2.45) is 0 Å². The molecule has 0 aliphatic carbocycles. The summed E-state index contributed by atoms with van der Waals surface area (Å²) in [6, 6.07) is 8.06. The number of fused-ring (bicyclic) bond motifs is 2. The molecule has 186 valence electrons. The summed E-state index contributed by atoms with van der Waals surface area (Å²) >= 11 is 1.16. The molecule has 1 aliphatic rings. The molecule has 1 aliphatic heterocycles. The number of hydrogen-bond donors (Lipinski definition) is 0. The highest BCUT2D eigenvalue weighted by atomic mass is 32.1. The molecular weight excluding hydrogens is 485 g/mol. The second-order valence-corrected chi connectivity index (χ2v) is 9.24. The van der Waals surface area contributed by atoms with Crippen molar-refractivity contribution in [3.05, 3.63) is 74.8 Å². The first-order valence-corrected chi connectivity index (χ1v) is 12.6. The minimum absolute atomic E-state index is 0.0599. The van der Waals surface area contributed by atoms with Gasteiger partial charge in [-0.2, -0.15) is 0 Å². The number of benzene rings is 2. The fourth-order valence-corrected chi connectivity index (χ4v) is 5.00. The van der Waals surface area contributed by atoms with Crippen molar-refractivity contribution in [3.63, 3.8) is 0 Å². The van der Waals surface area contributed by atoms with Crippen molar-refractivity contribution in [2.75, 3.05) is 18.6 Å².